The van der Waals surface area contributed by atoms with Crippen LogP contribution in [0.2, 0.25) is 0 Å². The lowest BCUT2D eigenvalue weighted by Gasteiger charge is -2.28. The van der Waals surface area contributed by atoms with Gasteiger partial charge >= 0.3 is 14.4 Å². The van der Waals surface area contributed by atoms with Gasteiger partial charge in [-0.25, -0.2) is 23.9 Å². The Morgan fingerprint density at radius 2 is 1.51 bits per heavy atom. The van der Waals surface area contributed by atoms with E-state index in [1.165, 1.54) is 35.5 Å². The van der Waals surface area contributed by atoms with E-state index in [9.17, 15) is 18.1 Å². The molecule has 0 fully saturated rings. The number of hydrogen-bond acceptors (Lipinski definition) is 9. The highest BCUT2D eigenvalue weighted by Crippen LogP contribution is 2.56. The first-order valence-electron chi connectivity index (χ1n) is 17.5. The quantitative estimate of drug-likeness (QED) is 0.112. The van der Waals surface area contributed by atoms with Crippen molar-refractivity contribution >= 4 is 24.8 Å². The number of halogens is 3. The minimum absolute atomic E-state index is 0.0385. The largest absolute Gasteiger partial charge is 0.476 e. The van der Waals surface area contributed by atoms with Gasteiger partial charge in [-0.3, -0.25) is 18.4 Å². The number of amides is 1. The van der Waals surface area contributed by atoms with Crippen molar-refractivity contribution in [2.75, 3.05) is 7.05 Å². The summed E-state index contributed by atoms with van der Waals surface area (Å²) in [5, 5.41) is 0. The predicted octanol–water partition coefficient (Wildman–Crippen LogP) is 9.15. The second-order valence-electron chi connectivity index (χ2n) is 13.8. The van der Waals surface area contributed by atoms with Gasteiger partial charge in [0.1, 0.15) is 23.0 Å². The summed E-state index contributed by atoms with van der Waals surface area (Å²) in [5.74, 6) is -0.414. The van der Waals surface area contributed by atoms with Gasteiger partial charge in [0.15, 0.2) is 5.82 Å². The summed E-state index contributed by atoms with van der Waals surface area (Å²) < 4.78 is 81.5. The van der Waals surface area contributed by atoms with Gasteiger partial charge in [0.25, 0.3) is 5.91 Å². The summed E-state index contributed by atoms with van der Waals surface area (Å²) in [4.78, 5) is 28.7. The topological polar surface area (TPSA) is 118 Å². The maximum atomic E-state index is 15.9. The van der Waals surface area contributed by atoms with Crippen LogP contribution in [0.25, 0.3) is 22.2 Å². The van der Waals surface area contributed by atoms with E-state index in [2.05, 4.69) is 9.97 Å². The standard InChI is InChI=1S/C40H35F3N5O6P/c1-40(2,54-55(50,51-22-24-11-6-4-7-12-24)52-23-25-13-8-5-9-14-25)38-44-20-26(21-45-38)28-17-31-30(18-29(28)41)46-36-33-19-32(48(31)36)35-27(37(49)47(33)3)15-10-16-34(35)53-39(42)43/h4-18,20-21,32-33,39H,19,22-23H2,1-3H3/t32-,33-/m1/s1. The first-order valence-corrected chi connectivity index (χ1v) is 18.9. The lowest BCUT2D eigenvalue weighted by Crippen LogP contribution is -2.30. The first kappa shape index (κ1) is 36.6. The Kier molecular flexibility index (Phi) is 9.54. The molecule has 6 aromatic rings. The Morgan fingerprint density at radius 3 is 2.13 bits per heavy atom. The predicted molar refractivity (Wildman–Crippen MR) is 196 cm³/mol. The zero-order valence-electron chi connectivity index (χ0n) is 29.9. The number of phosphoric ester groups is 1. The van der Waals surface area contributed by atoms with E-state index in [0.717, 1.165) is 11.1 Å². The first-order chi connectivity index (χ1) is 26.4. The molecule has 0 aliphatic carbocycles. The summed E-state index contributed by atoms with van der Waals surface area (Å²) >= 11 is 0. The summed E-state index contributed by atoms with van der Waals surface area (Å²) in [7, 11) is -2.59. The summed E-state index contributed by atoms with van der Waals surface area (Å²) in [5.41, 5.74) is 2.05. The van der Waals surface area contributed by atoms with Crippen molar-refractivity contribution in [1.29, 1.82) is 0 Å². The molecule has 2 aliphatic rings. The van der Waals surface area contributed by atoms with Gasteiger partial charge in [-0.15, -0.1) is 0 Å². The number of imidazole rings is 1. The molecule has 282 valence electrons. The summed E-state index contributed by atoms with van der Waals surface area (Å²) in [6, 6.07) is 24.7. The van der Waals surface area contributed by atoms with Crippen LogP contribution in [0.15, 0.2) is 103 Å². The van der Waals surface area contributed by atoms with Crippen LogP contribution in [0.1, 0.15) is 71.0 Å². The van der Waals surface area contributed by atoms with Gasteiger partial charge < -0.3 is 14.2 Å². The number of fused-ring (bicyclic) bond motifs is 9. The molecule has 2 bridgehead atoms. The Balaban J connectivity index is 1.10. The second-order valence-corrected chi connectivity index (χ2v) is 15.4. The average Bonchev–Trinajstić information content (AvgIpc) is 3.69. The number of nitrogens with zero attached hydrogens (tertiary/aromatic N) is 5. The molecule has 2 atom stereocenters. The molecule has 0 spiro atoms. The number of rotatable bonds is 12. The molecule has 0 N–H and O–H groups in total. The molecule has 4 heterocycles. The fraction of sp³-hybridized carbons (Fsp3) is 0.250. The lowest BCUT2D eigenvalue weighted by atomic mass is 9.97. The van der Waals surface area contributed by atoms with Crippen molar-refractivity contribution in [3.8, 4) is 16.9 Å². The Labute approximate surface area is 314 Å². The average molecular weight is 770 g/mol. The smallest absolute Gasteiger partial charge is 0.434 e. The van der Waals surface area contributed by atoms with Crippen molar-refractivity contribution in [2.45, 2.75) is 57.8 Å². The monoisotopic (exact) mass is 769 g/mol. The molecule has 2 aromatic heterocycles. The molecule has 8 rings (SSSR count). The number of carbonyl (C=O) groups is 1. The van der Waals surface area contributed by atoms with Gasteiger partial charge in [0.2, 0.25) is 0 Å². The maximum absolute atomic E-state index is 15.9. The van der Waals surface area contributed by atoms with E-state index in [0.29, 0.717) is 34.4 Å². The fourth-order valence-corrected chi connectivity index (χ4v) is 8.60. The number of alkyl halides is 2. The molecule has 11 nitrogen and oxygen atoms in total. The third-order valence-corrected chi connectivity index (χ3v) is 11.4. The summed E-state index contributed by atoms with van der Waals surface area (Å²) in [6.45, 7) is 0.0713. The molecule has 0 saturated heterocycles. The molecular formula is C40H35F3N5O6P. The number of aromatic nitrogens is 4. The number of hydrogen-bond donors (Lipinski definition) is 0. The van der Waals surface area contributed by atoms with Crippen molar-refractivity contribution < 1.29 is 40.8 Å². The van der Waals surface area contributed by atoms with Crippen molar-refractivity contribution in [3.63, 3.8) is 0 Å². The van der Waals surface area contributed by atoms with Gasteiger partial charge in [0.05, 0.1) is 36.3 Å². The Bertz CT molecular complexity index is 2380. The number of ether oxygens (including phenoxy) is 1. The Hall–Kier alpha value is -5.40. The number of phosphoric acid groups is 1. The van der Waals surface area contributed by atoms with Crippen LogP contribution in [-0.4, -0.2) is 44.0 Å². The van der Waals surface area contributed by atoms with E-state index >= 15 is 4.39 Å². The third-order valence-electron chi connectivity index (χ3n) is 9.80. The zero-order chi connectivity index (χ0) is 38.5. The molecule has 15 heteroatoms. The van der Waals surface area contributed by atoms with Crippen LogP contribution in [0.5, 0.6) is 5.75 Å². The molecular weight excluding hydrogens is 734 g/mol. The van der Waals surface area contributed by atoms with Gasteiger partial charge in [0, 0.05) is 54.2 Å². The van der Waals surface area contributed by atoms with E-state index in [1.807, 2.05) is 65.2 Å². The van der Waals surface area contributed by atoms with Crippen molar-refractivity contribution in [3.05, 3.63) is 143 Å². The van der Waals surface area contributed by atoms with E-state index in [1.54, 1.807) is 33.0 Å². The Morgan fingerprint density at radius 1 is 0.873 bits per heavy atom. The van der Waals surface area contributed by atoms with Crippen LogP contribution >= 0.6 is 7.82 Å². The molecule has 0 unspecified atom stereocenters. The fourth-order valence-electron chi connectivity index (χ4n) is 7.17. The minimum Gasteiger partial charge on any atom is -0.434 e. The molecule has 4 aromatic carbocycles. The van der Waals surface area contributed by atoms with E-state index < -0.39 is 37.9 Å². The van der Waals surface area contributed by atoms with Gasteiger partial charge in [-0.2, -0.15) is 8.78 Å². The van der Waals surface area contributed by atoms with Gasteiger partial charge in [-0.05, 0) is 43.2 Å². The SMILES string of the molecule is CN1C(=O)c2cccc(OC(F)F)c2[C@H]2C[C@@H]1c1nc3cc(F)c(-c4cnc(C(C)(C)OP(=O)(OCc5ccccc5)OCc5ccccc5)nc4)cc3n12. The highest BCUT2D eigenvalue weighted by molar-refractivity contribution is 7.48. The highest BCUT2D eigenvalue weighted by atomic mass is 31.2. The van der Waals surface area contributed by atoms with Crippen LogP contribution in [0.4, 0.5) is 13.2 Å². The van der Waals surface area contributed by atoms with Crippen molar-refractivity contribution in [1.82, 2.24) is 24.4 Å². The second kappa shape index (κ2) is 14.3. The van der Waals surface area contributed by atoms with Crippen LogP contribution < -0.4 is 4.74 Å². The number of benzene rings is 4. The molecule has 55 heavy (non-hydrogen) atoms. The van der Waals surface area contributed by atoms with Crippen LogP contribution in [0.3, 0.4) is 0 Å². The molecule has 0 saturated carbocycles. The molecule has 2 aliphatic heterocycles. The highest BCUT2D eigenvalue weighted by Gasteiger charge is 2.45. The molecule has 0 radical (unpaired) electrons. The summed E-state index contributed by atoms with van der Waals surface area (Å²) in [6.07, 6.45) is 3.23. The van der Waals surface area contributed by atoms with Crippen LogP contribution in [0, 0.1) is 5.82 Å². The van der Waals surface area contributed by atoms with E-state index in [-0.39, 0.29) is 41.8 Å². The van der Waals surface area contributed by atoms with Crippen molar-refractivity contribution in [2.24, 2.45) is 0 Å². The third kappa shape index (κ3) is 7.02. The van der Waals surface area contributed by atoms with E-state index in [4.69, 9.17) is 23.3 Å². The molecule has 1 amide bonds. The van der Waals surface area contributed by atoms with Gasteiger partial charge in [-0.1, -0.05) is 66.7 Å². The normalized spacial score (nSPS) is 16.7. The van der Waals surface area contributed by atoms with Crippen LogP contribution in [-0.2, 0) is 37.0 Å². The number of carbonyl (C=O) groups excluding carboxylic acids is 1. The minimum atomic E-state index is -4.22. The maximum Gasteiger partial charge on any atom is 0.476 e. The zero-order valence-corrected chi connectivity index (χ0v) is 30.8. The lowest BCUT2D eigenvalue weighted by molar-refractivity contribution is -0.0507.